The number of hydrogen-bond donors (Lipinski definition) is 1. The molecule has 0 heterocycles. The summed E-state index contributed by atoms with van der Waals surface area (Å²) in [5.41, 5.74) is 13.1. The summed E-state index contributed by atoms with van der Waals surface area (Å²) in [7, 11) is 0. The van der Waals surface area contributed by atoms with Crippen molar-refractivity contribution >= 4 is 0 Å². The maximum Gasteiger partial charge on any atom is 0.0674 e. The average molecular weight is 237 g/mol. The highest BCUT2D eigenvalue weighted by molar-refractivity contribution is 5.50. The zero-order chi connectivity index (χ0) is 12.8. The van der Waals surface area contributed by atoms with E-state index in [0.717, 1.165) is 12.8 Å². The molecule has 0 spiro atoms. The number of hydrogen-bond acceptors (Lipinski definition) is 1. The zero-order valence-electron chi connectivity index (χ0n) is 11.0. The van der Waals surface area contributed by atoms with Crippen LogP contribution < -0.4 is 5.73 Å². The Balaban J connectivity index is 2.21. The van der Waals surface area contributed by atoms with Gasteiger partial charge in [0, 0.05) is 0 Å². The van der Waals surface area contributed by atoms with E-state index in [0.29, 0.717) is 0 Å². The van der Waals surface area contributed by atoms with E-state index >= 15 is 0 Å². The summed E-state index contributed by atoms with van der Waals surface area (Å²) >= 11 is 0. The number of fused-ring (bicyclic) bond motifs is 1. The van der Waals surface area contributed by atoms with Crippen LogP contribution in [0, 0.1) is 13.8 Å². The summed E-state index contributed by atoms with van der Waals surface area (Å²) in [6, 6.07) is 15.0. The molecule has 1 aliphatic carbocycles. The van der Waals surface area contributed by atoms with Crippen LogP contribution in [-0.4, -0.2) is 0 Å². The molecule has 1 atom stereocenters. The van der Waals surface area contributed by atoms with E-state index in [4.69, 9.17) is 5.73 Å². The van der Waals surface area contributed by atoms with Crippen molar-refractivity contribution in [1.82, 2.24) is 0 Å². The third kappa shape index (κ3) is 1.51. The molecular formula is C17H19N. The quantitative estimate of drug-likeness (QED) is 0.807. The third-order valence-corrected chi connectivity index (χ3v) is 4.37. The standard InChI is InChI=1S/C17H19N/c1-12-6-5-9-15(13(12)2)17(18)11-10-14-7-3-4-8-16(14)17/h3-9H,10-11,18H2,1-2H3. The molecule has 0 aromatic heterocycles. The van der Waals surface area contributed by atoms with Crippen molar-refractivity contribution in [3.8, 4) is 0 Å². The van der Waals surface area contributed by atoms with Gasteiger partial charge < -0.3 is 5.73 Å². The van der Waals surface area contributed by atoms with Crippen LogP contribution in [0.1, 0.15) is 34.2 Å². The lowest BCUT2D eigenvalue weighted by Gasteiger charge is -2.28. The molecule has 0 amide bonds. The Kier molecular flexibility index (Phi) is 2.53. The van der Waals surface area contributed by atoms with Gasteiger partial charge in [0.15, 0.2) is 0 Å². The number of aryl methyl sites for hydroxylation is 2. The fourth-order valence-corrected chi connectivity index (χ4v) is 3.15. The molecule has 1 aliphatic rings. The molecule has 1 unspecified atom stereocenters. The van der Waals surface area contributed by atoms with Gasteiger partial charge in [-0.15, -0.1) is 0 Å². The summed E-state index contributed by atoms with van der Waals surface area (Å²) in [5, 5.41) is 0. The Morgan fingerprint density at radius 2 is 1.67 bits per heavy atom. The molecule has 3 rings (SSSR count). The summed E-state index contributed by atoms with van der Waals surface area (Å²) in [4.78, 5) is 0. The monoisotopic (exact) mass is 237 g/mol. The minimum absolute atomic E-state index is 0.299. The van der Waals surface area contributed by atoms with E-state index < -0.39 is 0 Å². The SMILES string of the molecule is Cc1cccc(C2(N)CCc3ccccc32)c1C. The van der Waals surface area contributed by atoms with E-state index in [1.165, 1.54) is 27.8 Å². The Bertz CT molecular complexity index is 600. The van der Waals surface area contributed by atoms with E-state index in [1.807, 2.05) is 0 Å². The van der Waals surface area contributed by atoms with Gasteiger partial charge in [-0.25, -0.2) is 0 Å². The Labute approximate surface area is 109 Å². The van der Waals surface area contributed by atoms with E-state index in [-0.39, 0.29) is 5.54 Å². The average Bonchev–Trinajstić information content (AvgIpc) is 2.72. The fraction of sp³-hybridized carbons (Fsp3) is 0.294. The van der Waals surface area contributed by atoms with Crippen molar-refractivity contribution in [3.63, 3.8) is 0 Å². The van der Waals surface area contributed by atoms with Gasteiger partial charge in [-0.2, -0.15) is 0 Å². The molecule has 0 saturated heterocycles. The van der Waals surface area contributed by atoms with E-state index in [9.17, 15) is 0 Å². The summed E-state index contributed by atoms with van der Waals surface area (Å²) in [5.74, 6) is 0. The highest BCUT2D eigenvalue weighted by Crippen LogP contribution is 2.41. The van der Waals surface area contributed by atoms with Gasteiger partial charge in [0.1, 0.15) is 0 Å². The van der Waals surface area contributed by atoms with Crippen molar-refractivity contribution < 1.29 is 0 Å². The topological polar surface area (TPSA) is 26.0 Å². The zero-order valence-corrected chi connectivity index (χ0v) is 11.0. The molecule has 92 valence electrons. The molecule has 2 N–H and O–H groups in total. The van der Waals surface area contributed by atoms with Gasteiger partial charge in [0.05, 0.1) is 5.54 Å². The smallest absolute Gasteiger partial charge is 0.0674 e. The van der Waals surface area contributed by atoms with Gasteiger partial charge in [0.25, 0.3) is 0 Å². The van der Waals surface area contributed by atoms with Crippen molar-refractivity contribution in [2.24, 2.45) is 5.73 Å². The third-order valence-electron chi connectivity index (χ3n) is 4.37. The van der Waals surface area contributed by atoms with E-state index in [2.05, 4.69) is 56.3 Å². The molecule has 0 fully saturated rings. The molecule has 0 bridgehead atoms. The van der Waals surface area contributed by atoms with Crippen LogP contribution in [0.3, 0.4) is 0 Å². The first kappa shape index (κ1) is 11.5. The van der Waals surface area contributed by atoms with Crippen molar-refractivity contribution in [1.29, 1.82) is 0 Å². The van der Waals surface area contributed by atoms with Gasteiger partial charge in [0.2, 0.25) is 0 Å². The highest BCUT2D eigenvalue weighted by atomic mass is 14.8. The van der Waals surface area contributed by atoms with Crippen LogP contribution >= 0.6 is 0 Å². The molecule has 0 aliphatic heterocycles. The Hall–Kier alpha value is -1.60. The normalized spacial score (nSPS) is 21.9. The second-order valence-electron chi connectivity index (χ2n) is 5.38. The summed E-state index contributed by atoms with van der Waals surface area (Å²) in [6.07, 6.45) is 2.09. The summed E-state index contributed by atoms with van der Waals surface area (Å²) in [6.45, 7) is 4.34. The highest BCUT2D eigenvalue weighted by Gasteiger charge is 2.37. The lowest BCUT2D eigenvalue weighted by Crippen LogP contribution is -2.36. The molecule has 1 heteroatoms. The number of rotatable bonds is 1. The van der Waals surface area contributed by atoms with Crippen LogP contribution in [0.5, 0.6) is 0 Å². The lowest BCUT2D eigenvalue weighted by atomic mass is 9.82. The van der Waals surface area contributed by atoms with Crippen molar-refractivity contribution in [2.45, 2.75) is 32.2 Å². The maximum absolute atomic E-state index is 6.76. The molecule has 2 aromatic rings. The van der Waals surface area contributed by atoms with Gasteiger partial charge >= 0.3 is 0 Å². The van der Waals surface area contributed by atoms with Crippen molar-refractivity contribution in [3.05, 3.63) is 70.3 Å². The first-order valence-electron chi connectivity index (χ1n) is 6.57. The second-order valence-corrected chi connectivity index (χ2v) is 5.38. The molecule has 2 aromatic carbocycles. The largest absolute Gasteiger partial charge is 0.318 e. The first-order valence-corrected chi connectivity index (χ1v) is 6.57. The molecule has 1 nitrogen and oxygen atoms in total. The van der Waals surface area contributed by atoms with E-state index in [1.54, 1.807) is 0 Å². The maximum atomic E-state index is 6.76. The minimum atomic E-state index is -0.299. The van der Waals surface area contributed by atoms with Crippen LogP contribution in [0.4, 0.5) is 0 Å². The number of benzene rings is 2. The number of nitrogens with two attached hydrogens (primary N) is 1. The molecular weight excluding hydrogens is 218 g/mol. The van der Waals surface area contributed by atoms with Gasteiger partial charge in [-0.1, -0.05) is 42.5 Å². The van der Waals surface area contributed by atoms with Crippen LogP contribution in [0.15, 0.2) is 42.5 Å². The Morgan fingerprint density at radius 1 is 0.944 bits per heavy atom. The van der Waals surface area contributed by atoms with Gasteiger partial charge in [-0.05, 0) is 54.5 Å². The lowest BCUT2D eigenvalue weighted by molar-refractivity contribution is 0.531. The molecule has 0 saturated carbocycles. The predicted octanol–water partition coefficient (Wildman–Crippen LogP) is 3.45. The molecule has 0 radical (unpaired) electrons. The summed E-state index contributed by atoms with van der Waals surface area (Å²) < 4.78 is 0. The molecule has 18 heavy (non-hydrogen) atoms. The first-order chi connectivity index (χ1) is 8.63. The van der Waals surface area contributed by atoms with Crippen molar-refractivity contribution in [2.75, 3.05) is 0 Å². The predicted molar refractivity (Wildman–Crippen MR) is 75.6 cm³/mol. The Morgan fingerprint density at radius 3 is 2.50 bits per heavy atom. The van der Waals surface area contributed by atoms with Crippen LogP contribution in [0.25, 0.3) is 0 Å². The van der Waals surface area contributed by atoms with Crippen LogP contribution in [0.2, 0.25) is 0 Å². The van der Waals surface area contributed by atoms with Gasteiger partial charge in [-0.3, -0.25) is 0 Å². The minimum Gasteiger partial charge on any atom is -0.318 e. The second kappa shape index (κ2) is 3.96. The van der Waals surface area contributed by atoms with Crippen LogP contribution in [-0.2, 0) is 12.0 Å². The fourth-order valence-electron chi connectivity index (χ4n) is 3.15.